The van der Waals surface area contributed by atoms with Crippen molar-refractivity contribution < 1.29 is 13.9 Å². The number of amides is 1. The summed E-state index contributed by atoms with van der Waals surface area (Å²) in [4.78, 5) is 13.9. The standard InChI is InChI=1S/C15H21FN2O2/c1-11-14(7-8-17-11)15(19)18(2)9-10-20-13-5-3-12(16)4-6-13/h3-6,11,14,17H,7-10H2,1-2H3. The van der Waals surface area contributed by atoms with Crippen LogP contribution in [-0.4, -0.2) is 43.6 Å². The second-order valence-electron chi connectivity index (χ2n) is 5.20. The average molecular weight is 280 g/mol. The fraction of sp³-hybridized carbons (Fsp3) is 0.533. The minimum absolute atomic E-state index is 0.0609. The number of likely N-dealkylation sites (N-methyl/N-ethyl adjacent to an activating group) is 1. The minimum atomic E-state index is -0.285. The molecular formula is C15H21FN2O2. The van der Waals surface area contributed by atoms with E-state index in [-0.39, 0.29) is 23.7 Å². The summed E-state index contributed by atoms with van der Waals surface area (Å²) >= 11 is 0. The molecule has 4 nitrogen and oxygen atoms in total. The molecule has 1 aliphatic rings. The summed E-state index contributed by atoms with van der Waals surface area (Å²) in [6.45, 7) is 3.87. The Hall–Kier alpha value is -1.62. The number of nitrogens with one attached hydrogen (secondary N) is 1. The van der Waals surface area contributed by atoms with Gasteiger partial charge in [-0.1, -0.05) is 0 Å². The Kier molecular flexibility index (Phi) is 4.95. The van der Waals surface area contributed by atoms with E-state index >= 15 is 0 Å². The van der Waals surface area contributed by atoms with Gasteiger partial charge in [0.1, 0.15) is 18.2 Å². The van der Waals surface area contributed by atoms with Crippen LogP contribution in [0.3, 0.4) is 0 Å². The van der Waals surface area contributed by atoms with Crippen molar-refractivity contribution in [3.8, 4) is 5.75 Å². The van der Waals surface area contributed by atoms with Crippen molar-refractivity contribution in [2.45, 2.75) is 19.4 Å². The van der Waals surface area contributed by atoms with Gasteiger partial charge in [-0.2, -0.15) is 0 Å². The number of rotatable bonds is 5. The molecule has 1 aromatic carbocycles. The van der Waals surface area contributed by atoms with Crippen molar-refractivity contribution in [1.82, 2.24) is 10.2 Å². The fourth-order valence-corrected chi connectivity index (χ4v) is 2.42. The first-order chi connectivity index (χ1) is 9.58. The minimum Gasteiger partial charge on any atom is -0.492 e. The second-order valence-corrected chi connectivity index (χ2v) is 5.20. The van der Waals surface area contributed by atoms with Crippen LogP contribution in [0.4, 0.5) is 4.39 Å². The third-order valence-corrected chi connectivity index (χ3v) is 3.73. The second kappa shape index (κ2) is 6.70. The van der Waals surface area contributed by atoms with E-state index in [9.17, 15) is 9.18 Å². The first kappa shape index (κ1) is 14.8. The molecule has 0 bridgehead atoms. The van der Waals surface area contributed by atoms with Crippen LogP contribution in [0.1, 0.15) is 13.3 Å². The molecule has 1 saturated heterocycles. The highest BCUT2D eigenvalue weighted by atomic mass is 19.1. The number of nitrogens with zero attached hydrogens (tertiary/aromatic N) is 1. The quantitative estimate of drug-likeness (QED) is 0.892. The molecule has 110 valence electrons. The lowest BCUT2D eigenvalue weighted by molar-refractivity contribution is -0.134. The smallest absolute Gasteiger partial charge is 0.227 e. The first-order valence-electron chi connectivity index (χ1n) is 6.94. The molecule has 1 heterocycles. The molecule has 1 fully saturated rings. The van der Waals surface area contributed by atoms with E-state index in [1.54, 1.807) is 24.1 Å². The van der Waals surface area contributed by atoms with E-state index in [1.165, 1.54) is 12.1 Å². The monoisotopic (exact) mass is 280 g/mol. The van der Waals surface area contributed by atoms with Crippen molar-refractivity contribution in [3.05, 3.63) is 30.1 Å². The summed E-state index contributed by atoms with van der Waals surface area (Å²) in [5.41, 5.74) is 0. The van der Waals surface area contributed by atoms with E-state index in [0.29, 0.717) is 18.9 Å². The largest absolute Gasteiger partial charge is 0.492 e. The number of ether oxygens (including phenoxy) is 1. The van der Waals surface area contributed by atoms with Crippen LogP contribution < -0.4 is 10.1 Å². The normalized spacial score (nSPS) is 21.8. The molecule has 1 aliphatic heterocycles. The number of carbonyl (C=O) groups is 1. The lowest BCUT2D eigenvalue weighted by Gasteiger charge is -2.23. The van der Waals surface area contributed by atoms with Gasteiger partial charge in [-0.3, -0.25) is 4.79 Å². The van der Waals surface area contributed by atoms with Crippen LogP contribution in [0, 0.1) is 11.7 Å². The molecule has 0 radical (unpaired) electrons. The Balaban J connectivity index is 1.75. The van der Waals surface area contributed by atoms with Crippen molar-refractivity contribution in [3.63, 3.8) is 0 Å². The highest BCUT2D eigenvalue weighted by Crippen LogP contribution is 2.17. The van der Waals surface area contributed by atoms with Crippen LogP contribution in [0.15, 0.2) is 24.3 Å². The summed E-state index contributed by atoms with van der Waals surface area (Å²) < 4.78 is 18.2. The van der Waals surface area contributed by atoms with Crippen LogP contribution >= 0.6 is 0 Å². The fourth-order valence-electron chi connectivity index (χ4n) is 2.42. The number of halogens is 1. The molecule has 20 heavy (non-hydrogen) atoms. The molecule has 0 aliphatic carbocycles. The van der Waals surface area contributed by atoms with Crippen molar-refractivity contribution in [1.29, 1.82) is 0 Å². The van der Waals surface area contributed by atoms with Gasteiger partial charge in [-0.25, -0.2) is 4.39 Å². The highest BCUT2D eigenvalue weighted by molar-refractivity contribution is 5.79. The zero-order valence-electron chi connectivity index (χ0n) is 11.9. The summed E-state index contributed by atoms with van der Waals surface area (Å²) in [6.07, 6.45) is 0.892. The van der Waals surface area contributed by atoms with E-state index in [2.05, 4.69) is 5.32 Å². The zero-order chi connectivity index (χ0) is 14.5. The van der Waals surface area contributed by atoms with Gasteiger partial charge in [0, 0.05) is 13.1 Å². The SMILES string of the molecule is CC1NCCC1C(=O)N(C)CCOc1ccc(F)cc1. The van der Waals surface area contributed by atoms with Crippen molar-refractivity contribution >= 4 is 5.91 Å². The average Bonchev–Trinajstić information content (AvgIpc) is 2.86. The van der Waals surface area contributed by atoms with Crippen LogP contribution in [0.25, 0.3) is 0 Å². The summed E-state index contributed by atoms with van der Waals surface area (Å²) in [6, 6.07) is 6.12. The van der Waals surface area contributed by atoms with E-state index < -0.39 is 0 Å². The number of hydrogen-bond donors (Lipinski definition) is 1. The van der Waals surface area contributed by atoms with Crippen LogP contribution in [0.5, 0.6) is 5.75 Å². The van der Waals surface area contributed by atoms with Gasteiger partial charge in [0.2, 0.25) is 5.91 Å². The molecule has 5 heteroatoms. The molecule has 2 atom stereocenters. The van der Waals surface area contributed by atoms with E-state index in [0.717, 1.165) is 13.0 Å². The maximum absolute atomic E-state index is 12.7. The molecule has 2 unspecified atom stereocenters. The molecular weight excluding hydrogens is 259 g/mol. The Labute approximate surface area is 118 Å². The molecule has 0 spiro atoms. The predicted molar refractivity (Wildman–Crippen MR) is 75.1 cm³/mol. The van der Waals surface area contributed by atoms with Gasteiger partial charge in [0.15, 0.2) is 0 Å². The van der Waals surface area contributed by atoms with Gasteiger partial charge in [0.05, 0.1) is 12.5 Å². The first-order valence-corrected chi connectivity index (χ1v) is 6.94. The Bertz CT molecular complexity index is 450. The summed E-state index contributed by atoms with van der Waals surface area (Å²) in [5, 5.41) is 3.28. The molecule has 1 amide bonds. The maximum atomic E-state index is 12.7. The lowest BCUT2D eigenvalue weighted by Crippen LogP contribution is -2.39. The zero-order valence-corrected chi connectivity index (χ0v) is 11.9. The van der Waals surface area contributed by atoms with E-state index in [4.69, 9.17) is 4.74 Å². The topological polar surface area (TPSA) is 41.6 Å². The van der Waals surface area contributed by atoms with Crippen LogP contribution in [-0.2, 0) is 4.79 Å². The van der Waals surface area contributed by atoms with Gasteiger partial charge in [0.25, 0.3) is 0 Å². The van der Waals surface area contributed by atoms with Gasteiger partial charge < -0.3 is 15.0 Å². The summed E-state index contributed by atoms with van der Waals surface area (Å²) in [7, 11) is 1.79. The van der Waals surface area contributed by atoms with E-state index in [1.807, 2.05) is 6.92 Å². The van der Waals surface area contributed by atoms with Gasteiger partial charge in [-0.15, -0.1) is 0 Å². The molecule has 0 saturated carbocycles. The van der Waals surface area contributed by atoms with Gasteiger partial charge in [-0.05, 0) is 44.2 Å². The number of carbonyl (C=O) groups excluding carboxylic acids is 1. The highest BCUT2D eigenvalue weighted by Gasteiger charge is 2.31. The molecule has 2 rings (SSSR count). The third-order valence-electron chi connectivity index (χ3n) is 3.73. The molecule has 0 aromatic heterocycles. The number of hydrogen-bond acceptors (Lipinski definition) is 3. The van der Waals surface area contributed by atoms with Crippen molar-refractivity contribution in [2.75, 3.05) is 26.7 Å². The lowest BCUT2D eigenvalue weighted by atomic mass is 10.0. The van der Waals surface area contributed by atoms with Gasteiger partial charge >= 0.3 is 0 Å². The Morgan fingerprint density at radius 3 is 2.75 bits per heavy atom. The number of benzene rings is 1. The Morgan fingerprint density at radius 1 is 1.45 bits per heavy atom. The molecule has 1 aromatic rings. The Morgan fingerprint density at radius 2 is 2.15 bits per heavy atom. The summed E-state index contributed by atoms with van der Waals surface area (Å²) in [5.74, 6) is 0.548. The third kappa shape index (κ3) is 3.70. The maximum Gasteiger partial charge on any atom is 0.227 e. The predicted octanol–water partition coefficient (Wildman–Crippen LogP) is 1.66. The van der Waals surface area contributed by atoms with Crippen LogP contribution in [0.2, 0.25) is 0 Å². The van der Waals surface area contributed by atoms with Crippen molar-refractivity contribution in [2.24, 2.45) is 5.92 Å². The molecule has 1 N–H and O–H groups in total.